The molecule has 1 aliphatic carbocycles. The molecule has 0 unspecified atom stereocenters. The van der Waals surface area contributed by atoms with Gasteiger partial charge < -0.3 is 15.8 Å². The fourth-order valence-corrected chi connectivity index (χ4v) is 1.46. The second kappa shape index (κ2) is 4.04. The van der Waals surface area contributed by atoms with Gasteiger partial charge in [-0.3, -0.25) is 0 Å². The van der Waals surface area contributed by atoms with E-state index in [1.54, 1.807) is 6.07 Å². The van der Waals surface area contributed by atoms with Gasteiger partial charge in [0.1, 0.15) is 11.6 Å². The molecule has 1 aromatic heterocycles. The van der Waals surface area contributed by atoms with E-state index in [4.69, 9.17) is 10.9 Å². The molecule has 15 heavy (non-hydrogen) atoms. The zero-order valence-corrected chi connectivity index (χ0v) is 8.53. The van der Waals surface area contributed by atoms with Crippen molar-refractivity contribution in [3.05, 3.63) is 18.2 Å². The van der Waals surface area contributed by atoms with E-state index in [0.717, 1.165) is 25.2 Å². The highest BCUT2D eigenvalue weighted by atomic mass is 16.3. The number of anilines is 2. The number of nitrogen functional groups attached to an aromatic ring is 1. The number of pyridine rings is 1. The molecular weight excluding hydrogens is 192 g/mol. The van der Waals surface area contributed by atoms with Crippen LogP contribution >= 0.6 is 0 Å². The van der Waals surface area contributed by atoms with Crippen molar-refractivity contribution in [2.45, 2.75) is 12.8 Å². The van der Waals surface area contributed by atoms with Crippen LogP contribution in [0, 0.1) is 5.41 Å². The number of hydrogen-bond acceptors (Lipinski definition) is 5. The number of aromatic nitrogens is 1. The lowest BCUT2D eigenvalue weighted by Crippen LogP contribution is -2.19. The zero-order valence-electron chi connectivity index (χ0n) is 8.53. The minimum atomic E-state index is 0.0911. The van der Waals surface area contributed by atoms with Crippen LogP contribution in [0.3, 0.4) is 0 Å². The third-order valence-electron chi connectivity index (χ3n) is 2.83. The molecule has 5 heteroatoms. The SMILES string of the molecule is NNc1cccc(NCC2(CO)CC2)n1. The van der Waals surface area contributed by atoms with E-state index in [0.29, 0.717) is 5.82 Å². The standard InChI is InChI=1S/C10H16N4O/c11-14-9-3-1-2-8(13-9)12-6-10(7-15)4-5-10/h1-3,15H,4-7,11H2,(H2,12,13,14). The van der Waals surface area contributed by atoms with E-state index in [-0.39, 0.29) is 12.0 Å². The van der Waals surface area contributed by atoms with Crippen LogP contribution < -0.4 is 16.6 Å². The largest absolute Gasteiger partial charge is 0.396 e. The molecule has 1 aromatic rings. The second-order valence-electron chi connectivity index (χ2n) is 4.06. The predicted octanol–water partition coefficient (Wildman–Crippen LogP) is 0.552. The van der Waals surface area contributed by atoms with Gasteiger partial charge in [-0.05, 0) is 25.0 Å². The highest BCUT2D eigenvalue weighted by molar-refractivity contribution is 5.44. The van der Waals surface area contributed by atoms with Crippen LogP contribution in [0.1, 0.15) is 12.8 Å². The summed E-state index contributed by atoms with van der Waals surface area (Å²) in [4.78, 5) is 4.23. The van der Waals surface area contributed by atoms with Crippen molar-refractivity contribution >= 4 is 11.6 Å². The normalized spacial score (nSPS) is 17.2. The Morgan fingerprint density at radius 2 is 2.13 bits per heavy atom. The number of aliphatic hydroxyl groups is 1. The molecule has 82 valence electrons. The third kappa shape index (κ3) is 2.37. The molecule has 0 spiro atoms. The van der Waals surface area contributed by atoms with Crippen LogP contribution in [0.5, 0.6) is 0 Å². The van der Waals surface area contributed by atoms with Crippen LogP contribution in [0.25, 0.3) is 0 Å². The number of nitrogens with zero attached hydrogens (tertiary/aromatic N) is 1. The second-order valence-corrected chi connectivity index (χ2v) is 4.06. The van der Waals surface area contributed by atoms with E-state index in [1.807, 2.05) is 12.1 Å². The number of aliphatic hydroxyl groups excluding tert-OH is 1. The first kappa shape index (κ1) is 10.2. The van der Waals surface area contributed by atoms with E-state index in [9.17, 15) is 0 Å². The first-order chi connectivity index (χ1) is 7.28. The quantitative estimate of drug-likeness (QED) is 0.419. The number of hydrazine groups is 1. The van der Waals surface area contributed by atoms with Crippen LogP contribution in [0.4, 0.5) is 11.6 Å². The molecule has 5 nitrogen and oxygen atoms in total. The molecule has 1 aliphatic rings. The summed E-state index contributed by atoms with van der Waals surface area (Å²) in [6.45, 7) is 1.01. The average molecular weight is 208 g/mol. The fourth-order valence-electron chi connectivity index (χ4n) is 1.46. The third-order valence-corrected chi connectivity index (χ3v) is 2.83. The summed E-state index contributed by atoms with van der Waals surface area (Å²) in [5, 5.41) is 12.3. The van der Waals surface area contributed by atoms with Crippen LogP contribution in [0.15, 0.2) is 18.2 Å². The van der Waals surface area contributed by atoms with Crippen molar-refractivity contribution in [1.82, 2.24) is 4.98 Å². The van der Waals surface area contributed by atoms with Gasteiger partial charge in [-0.15, -0.1) is 0 Å². The van der Waals surface area contributed by atoms with Gasteiger partial charge in [-0.1, -0.05) is 6.07 Å². The number of nitrogens with two attached hydrogens (primary N) is 1. The first-order valence-corrected chi connectivity index (χ1v) is 5.06. The van der Waals surface area contributed by atoms with Crippen molar-refractivity contribution in [2.24, 2.45) is 11.3 Å². The molecule has 0 radical (unpaired) electrons. The Balaban J connectivity index is 1.93. The number of nitrogens with one attached hydrogen (secondary N) is 2. The highest BCUT2D eigenvalue weighted by Crippen LogP contribution is 2.44. The average Bonchev–Trinajstić information content (AvgIpc) is 3.07. The summed E-state index contributed by atoms with van der Waals surface area (Å²) in [7, 11) is 0. The van der Waals surface area contributed by atoms with Crippen LogP contribution in [0.2, 0.25) is 0 Å². The topological polar surface area (TPSA) is 83.2 Å². The van der Waals surface area contributed by atoms with E-state index in [2.05, 4.69) is 15.7 Å². The Bertz CT molecular complexity index is 338. The lowest BCUT2D eigenvalue weighted by Gasteiger charge is -2.13. The van der Waals surface area contributed by atoms with Crippen molar-refractivity contribution in [3.63, 3.8) is 0 Å². The van der Waals surface area contributed by atoms with Crippen LogP contribution in [-0.2, 0) is 0 Å². The Labute approximate surface area is 88.7 Å². The molecule has 0 bridgehead atoms. The van der Waals surface area contributed by atoms with E-state index in [1.165, 1.54) is 0 Å². The molecule has 0 saturated heterocycles. The van der Waals surface area contributed by atoms with Gasteiger partial charge in [0, 0.05) is 12.0 Å². The molecule has 1 saturated carbocycles. The molecule has 2 rings (SSSR count). The van der Waals surface area contributed by atoms with Gasteiger partial charge in [0.05, 0.1) is 6.61 Å². The fraction of sp³-hybridized carbons (Fsp3) is 0.500. The Hall–Kier alpha value is -1.33. The van der Waals surface area contributed by atoms with Crippen molar-refractivity contribution < 1.29 is 5.11 Å². The minimum Gasteiger partial charge on any atom is -0.396 e. The maximum absolute atomic E-state index is 9.14. The van der Waals surface area contributed by atoms with Gasteiger partial charge >= 0.3 is 0 Å². The molecular formula is C10H16N4O. The number of rotatable bonds is 5. The van der Waals surface area contributed by atoms with Gasteiger partial charge in [-0.25, -0.2) is 10.8 Å². The summed E-state index contributed by atoms with van der Waals surface area (Å²) in [5.41, 5.74) is 2.58. The Morgan fingerprint density at radius 3 is 2.73 bits per heavy atom. The molecule has 5 N–H and O–H groups in total. The Morgan fingerprint density at radius 1 is 1.40 bits per heavy atom. The predicted molar refractivity (Wildman–Crippen MR) is 59.3 cm³/mol. The molecule has 1 heterocycles. The highest BCUT2D eigenvalue weighted by Gasteiger charge is 2.41. The summed E-state index contributed by atoms with van der Waals surface area (Å²) in [6, 6.07) is 5.56. The Kier molecular flexibility index (Phi) is 2.75. The zero-order chi connectivity index (χ0) is 10.7. The first-order valence-electron chi connectivity index (χ1n) is 5.06. The maximum Gasteiger partial charge on any atom is 0.142 e. The van der Waals surface area contributed by atoms with E-state index < -0.39 is 0 Å². The number of hydrogen-bond donors (Lipinski definition) is 4. The van der Waals surface area contributed by atoms with Crippen molar-refractivity contribution in [2.75, 3.05) is 23.9 Å². The van der Waals surface area contributed by atoms with Crippen molar-refractivity contribution in [1.29, 1.82) is 0 Å². The van der Waals surface area contributed by atoms with Crippen molar-refractivity contribution in [3.8, 4) is 0 Å². The monoisotopic (exact) mass is 208 g/mol. The molecule has 0 aromatic carbocycles. The van der Waals surface area contributed by atoms with E-state index >= 15 is 0 Å². The molecule has 1 fully saturated rings. The molecule has 0 atom stereocenters. The van der Waals surface area contributed by atoms with Gasteiger partial charge in [-0.2, -0.15) is 0 Å². The molecule has 0 aliphatic heterocycles. The summed E-state index contributed by atoms with van der Waals surface area (Å²) in [5.74, 6) is 6.67. The smallest absolute Gasteiger partial charge is 0.142 e. The van der Waals surface area contributed by atoms with Gasteiger partial charge in [0.2, 0.25) is 0 Å². The molecule has 0 amide bonds. The lowest BCUT2D eigenvalue weighted by atomic mass is 10.1. The summed E-state index contributed by atoms with van der Waals surface area (Å²) >= 11 is 0. The minimum absolute atomic E-state index is 0.0911. The summed E-state index contributed by atoms with van der Waals surface area (Å²) < 4.78 is 0. The maximum atomic E-state index is 9.14. The summed E-state index contributed by atoms with van der Waals surface area (Å²) in [6.07, 6.45) is 2.18. The van der Waals surface area contributed by atoms with Gasteiger partial charge in [0.25, 0.3) is 0 Å². The van der Waals surface area contributed by atoms with Crippen LogP contribution in [-0.4, -0.2) is 23.2 Å². The van der Waals surface area contributed by atoms with Gasteiger partial charge in [0.15, 0.2) is 0 Å². The lowest BCUT2D eigenvalue weighted by molar-refractivity contribution is 0.219.